The van der Waals surface area contributed by atoms with E-state index in [0.29, 0.717) is 18.8 Å². The zero-order valence-corrected chi connectivity index (χ0v) is 13.0. The number of hydrogen-bond donors (Lipinski definition) is 2. The smallest absolute Gasteiger partial charge is 0.266 e. The third-order valence-electron chi connectivity index (χ3n) is 4.70. The Morgan fingerprint density at radius 2 is 1.96 bits per heavy atom. The standard InChI is InChI=1S/C16H15N3O5/c1-24-13-9-6-17-5-7(9)4-8-12(13)16(23)19(15(8)22)10-2-3-11(20)18-14(10)21/h4,10,17H,2-3,5-6H2,1H3,(H,18,20,21). The van der Waals surface area contributed by atoms with E-state index in [1.807, 2.05) is 0 Å². The number of methoxy groups -OCH3 is 1. The molecule has 3 aliphatic heterocycles. The molecule has 0 aliphatic carbocycles. The fourth-order valence-corrected chi connectivity index (χ4v) is 3.59. The average molecular weight is 329 g/mol. The fraction of sp³-hybridized carbons (Fsp3) is 0.375. The minimum atomic E-state index is -0.965. The Balaban J connectivity index is 1.79. The predicted octanol–water partition coefficient (Wildman–Crippen LogP) is -0.300. The Kier molecular flexibility index (Phi) is 3.17. The van der Waals surface area contributed by atoms with Crippen molar-refractivity contribution in [3.05, 3.63) is 28.3 Å². The van der Waals surface area contributed by atoms with Crippen molar-refractivity contribution in [3.8, 4) is 5.75 Å². The van der Waals surface area contributed by atoms with Gasteiger partial charge in [-0.2, -0.15) is 0 Å². The van der Waals surface area contributed by atoms with Crippen molar-refractivity contribution in [2.24, 2.45) is 0 Å². The Hall–Kier alpha value is -2.74. The van der Waals surface area contributed by atoms with Gasteiger partial charge < -0.3 is 10.1 Å². The Morgan fingerprint density at radius 1 is 1.17 bits per heavy atom. The van der Waals surface area contributed by atoms with Gasteiger partial charge in [-0.05, 0) is 18.1 Å². The molecule has 3 aliphatic rings. The fourth-order valence-electron chi connectivity index (χ4n) is 3.59. The summed E-state index contributed by atoms with van der Waals surface area (Å²) in [5.74, 6) is -1.68. The molecule has 1 unspecified atom stereocenters. The van der Waals surface area contributed by atoms with E-state index in [2.05, 4.69) is 10.6 Å². The van der Waals surface area contributed by atoms with Crippen LogP contribution in [-0.2, 0) is 22.7 Å². The number of piperidine rings is 1. The molecule has 3 heterocycles. The van der Waals surface area contributed by atoms with E-state index in [4.69, 9.17) is 4.74 Å². The van der Waals surface area contributed by atoms with Gasteiger partial charge in [0.05, 0.1) is 18.2 Å². The normalized spacial score (nSPS) is 22.5. The highest BCUT2D eigenvalue weighted by Gasteiger charge is 2.47. The van der Waals surface area contributed by atoms with E-state index in [-0.39, 0.29) is 24.0 Å². The summed E-state index contributed by atoms with van der Waals surface area (Å²) >= 11 is 0. The van der Waals surface area contributed by atoms with Gasteiger partial charge in [0.2, 0.25) is 11.8 Å². The van der Waals surface area contributed by atoms with Gasteiger partial charge in [0.1, 0.15) is 11.8 Å². The molecule has 1 fully saturated rings. The van der Waals surface area contributed by atoms with Crippen LogP contribution in [0.1, 0.15) is 44.7 Å². The maximum atomic E-state index is 12.9. The van der Waals surface area contributed by atoms with Gasteiger partial charge in [-0.25, -0.2) is 0 Å². The number of nitrogens with zero attached hydrogens (tertiary/aromatic N) is 1. The van der Waals surface area contributed by atoms with Crippen LogP contribution in [0.2, 0.25) is 0 Å². The van der Waals surface area contributed by atoms with Crippen molar-refractivity contribution < 1.29 is 23.9 Å². The molecule has 0 radical (unpaired) electrons. The van der Waals surface area contributed by atoms with Crippen LogP contribution in [0.15, 0.2) is 6.07 Å². The molecule has 0 saturated carbocycles. The first-order valence-corrected chi connectivity index (χ1v) is 7.68. The van der Waals surface area contributed by atoms with Crippen molar-refractivity contribution >= 4 is 23.6 Å². The van der Waals surface area contributed by atoms with Crippen LogP contribution in [0.4, 0.5) is 0 Å². The molecule has 24 heavy (non-hydrogen) atoms. The first kappa shape index (κ1) is 14.8. The number of imide groups is 2. The van der Waals surface area contributed by atoms with E-state index in [9.17, 15) is 19.2 Å². The molecule has 0 aromatic heterocycles. The second-order valence-electron chi connectivity index (χ2n) is 6.02. The molecule has 4 rings (SSSR count). The number of carbonyl (C=O) groups excluding carboxylic acids is 4. The molecule has 0 bridgehead atoms. The summed E-state index contributed by atoms with van der Waals surface area (Å²) in [6.45, 7) is 1.16. The predicted molar refractivity (Wildman–Crippen MR) is 80.2 cm³/mol. The molecule has 1 saturated heterocycles. The van der Waals surface area contributed by atoms with Crippen LogP contribution in [0.25, 0.3) is 0 Å². The lowest BCUT2D eigenvalue weighted by Gasteiger charge is -2.27. The zero-order valence-electron chi connectivity index (χ0n) is 13.0. The van der Waals surface area contributed by atoms with Gasteiger partial charge in [0.15, 0.2) is 0 Å². The lowest BCUT2D eigenvalue weighted by atomic mass is 9.99. The van der Waals surface area contributed by atoms with E-state index in [1.165, 1.54) is 7.11 Å². The summed E-state index contributed by atoms with van der Waals surface area (Å²) in [6, 6.07) is 0.729. The van der Waals surface area contributed by atoms with E-state index in [1.54, 1.807) is 6.07 Å². The highest BCUT2D eigenvalue weighted by Crippen LogP contribution is 2.39. The number of amides is 4. The SMILES string of the molecule is COc1c2c(cc3c1C(=O)N(C1CCC(=O)NC1=O)C3=O)CNC2. The van der Waals surface area contributed by atoms with Crippen molar-refractivity contribution in [1.82, 2.24) is 15.5 Å². The average Bonchev–Trinajstić information content (AvgIpc) is 3.11. The largest absolute Gasteiger partial charge is 0.496 e. The summed E-state index contributed by atoms with van der Waals surface area (Å²) in [7, 11) is 1.46. The Labute approximate surface area is 137 Å². The van der Waals surface area contributed by atoms with Crippen molar-refractivity contribution in [3.63, 3.8) is 0 Å². The summed E-state index contributed by atoms with van der Waals surface area (Å²) in [6.07, 6.45) is 0.237. The van der Waals surface area contributed by atoms with Gasteiger partial charge in [0, 0.05) is 25.1 Å². The maximum absolute atomic E-state index is 12.9. The van der Waals surface area contributed by atoms with Crippen molar-refractivity contribution in [1.29, 1.82) is 0 Å². The number of benzene rings is 1. The van der Waals surface area contributed by atoms with Gasteiger partial charge >= 0.3 is 0 Å². The topological polar surface area (TPSA) is 105 Å². The number of carbonyl (C=O) groups is 4. The second kappa shape index (κ2) is 5.13. The summed E-state index contributed by atoms with van der Waals surface area (Å²) in [5.41, 5.74) is 2.23. The monoisotopic (exact) mass is 329 g/mol. The van der Waals surface area contributed by atoms with Gasteiger partial charge in [-0.3, -0.25) is 29.4 Å². The minimum Gasteiger partial charge on any atom is -0.496 e. The number of ether oxygens (including phenoxy) is 1. The highest BCUT2D eigenvalue weighted by atomic mass is 16.5. The first-order chi connectivity index (χ1) is 11.5. The van der Waals surface area contributed by atoms with Crippen LogP contribution in [-0.4, -0.2) is 41.7 Å². The zero-order chi connectivity index (χ0) is 17.0. The molecular weight excluding hydrogens is 314 g/mol. The van der Waals surface area contributed by atoms with E-state index in [0.717, 1.165) is 16.0 Å². The molecule has 8 heteroatoms. The molecular formula is C16H15N3O5. The van der Waals surface area contributed by atoms with Crippen LogP contribution in [0.5, 0.6) is 5.75 Å². The summed E-state index contributed by atoms with van der Waals surface area (Å²) < 4.78 is 5.40. The van der Waals surface area contributed by atoms with Crippen LogP contribution in [0, 0.1) is 0 Å². The second-order valence-corrected chi connectivity index (χ2v) is 6.02. The minimum absolute atomic E-state index is 0.0986. The quantitative estimate of drug-likeness (QED) is 0.722. The molecule has 4 amide bonds. The molecule has 1 aromatic carbocycles. The molecule has 1 aromatic rings. The van der Waals surface area contributed by atoms with Crippen LogP contribution in [0.3, 0.4) is 0 Å². The van der Waals surface area contributed by atoms with Crippen molar-refractivity contribution in [2.75, 3.05) is 7.11 Å². The molecule has 1 atom stereocenters. The number of nitrogens with one attached hydrogen (secondary N) is 2. The van der Waals surface area contributed by atoms with Crippen LogP contribution < -0.4 is 15.4 Å². The maximum Gasteiger partial charge on any atom is 0.266 e. The lowest BCUT2D eigenvalue weighted by molar-refractivity contribution is -0.136. The highest BCUT2D eigenvalue weighted by molar-refractivity contribution is 6.24. The van der Waals surface area contributed by atoms with Gasteiger partial charge in [-0.1, -0.05) is 0 Å². The summed E-state index contributed by atoms with van der Waals surface area (Å²) in [4.78, 5) is 49.9. The van der Waals surface area contributed by atoms with Crippen molar-refractivity contribution in [2.45, 2.75) is 32.0 Å². The number of fused-ring (bicyclic) bond motifs is 2. The molecule has 0 spiro atoms. The molecule has 8 nitrogen and oxygen atoms in total. The van der Waals surface area contributed by atoms with Gasteiger partial charge in [-0.15, -0.1) is 0 Å². The van der Waals surface area contributed by atoms with Gasteiger partial charge in [0.25, 0.3) is 11.8 Å². The molecule has 124 valence electrons. The van der Waals surface area contributed by atoms with E-state index < -0.39 is 29.7 Å². The lowest BCUT2D eigenvalue weighted by Crippen LogP contribution is -2.54. The third-order valence-corrected chi connectivity index (χ3v) is 4.70. The molecule has 2 N–H and O–H groups in total. The number of hydrogen-bond acceptors (Lipinski definition) is 6. The van der Waals surface area contributed by atoms with Crippen LogP contribution >= 0.6 is 0 Å². The summed E-state index contributed by atoms with van der Waals surface area (Å²) in [5, 5.41) is 5.35. The first-order valence-electron chi connectivity index (χ1n) is 7.68. The Bertz CT molecular complexity index is 816. The Morgan fingerprint density at radius 3 is 2.67 bits per heavy atom. The third kappa shape index (κ3) is 1.89. The van der Waals surface area contributed by atoms with E-state index >= 15 is 0 Å². The number of rotatable bonds is 2.